The van der Waals surface area contributed by atoms with Gasteiger partial charge in [0.25, 0.3) is 0 Å². The Morgan fingerprint density at radius 1 is 1.47 bits per heavy atom. The van der Waals surface area contributed by atoms with Crippen molar-refractivity contribution >= 4 is 16.9 Å². The summed E-state index contributed by atoms with van der Waals surface area (Å²) in [6.07, 6.45) is 2.60. The summed E-state index contributed by atoms with van der Waals surface area (Å²) in [5.41, 5.74) is 8.66. The van der Waals surface area contributed by atoms with Crippen LogP contribution in [0.25, 0.3) is 11.0 Å². The minimum absolute atomic E-state index is 0.459. The van der Waals surface area contributed by atoms with Crippen molar-refractivity contribution in [3.8, 4) is 0 Å². The van der Waals surface area contributed by atoms with E-state index in [-0.39, 0.29) is 0 Å². The second kappa shape index (κ2) is 4.00. The van der Waals surface area contributed by atoms with Crippen LogP contribution in [0.2, 0.25) is 0 Å². The Kier molecular flexibility index (Phi) is 2.48. The van der Waals surface area contributed by atoms with Crippen LogP contribution in [0.5, 0.6) is 0 Å². The van der Waals surface area contributed by atoms with Gasteiger partial charge in [-0.15, -0.1) is 10.2 Å². The van der Waals surface area contributed by atoms with E-state index in [2.05, 4.69) is 33.1 Å². The normalized spacial score (nSPS) is 21.4. The van der Waals surface area contributed by atoms with Crippen LogP contribution in [0.1, 0.15) is 25.5 Å². The van der Waals surface area contributed by atoms with Crippen molar-refractivity contribution in [3.63, 3.8) is 0 Å². The highest BCUT2D eigenvalue weighted by Gasteiger charge is 2.20. The Morgan fingerprint density at radius 2 is 2.35 bits per heavy atom. The first-order valence-electron chi connectivity index (χ1n) is 6.07. The van der Waals surface area contributed by atoms with Crippen LogP contribution in [0, 0.1) is 0 Å². The molecule has 5 heteroatoms. The van der Waals surface area contributed by atoms with Crippen molar-refractivity contribution in [2.24, 2.45) is 0 Å². The topological polar surface area (TPSA) is 70.8 Å². The third kappa shape index (κ3) is 1.98. The number of H-pyrrole nitrogens is 1. The van der Waals surface area contributed by atoms with Crippen LogP contribution in [-0.4, -0.2) is 32.7 Å². The van der Waals surface area contributed by atoms with Crippen LogP contribution in [0.4, 0.5) is 5.82 Å². The molecule has 2 aromatic rings. The second-order valence-electron chi connectivity index (χ2n) is 4.82. The maximum Gasteiger partial charge on any atom is 0.148 e. The molecule has 1 atom stereocenters. The fourth-order valence-electron chi connectivity index (χ4n) is 2.53. The monoisotopic (exact) mass is 231 g/mol. The SMILES string of the molecule is C[C@H]1CCCN1Cc1cc2nnc(N)cc2[nH]1. The smallest absolute Gasteiger partial charge is 0.148 e. The summed E-state index contributed by atoms with van der Waals surface area (Å²) < 4.78 is 0. The molecule has 90 valence electrons. The van der Waals surface area contributed by atoms with Crippen molar-refractivity contribution in [2.75, 3.05) is 12.3 Å². The quantitative estimate of drug-likeness (QED) is 0.822. The van der Waals surface area contributed by atoms with Crippen molar-refractivity contribution < 1.29 is 0 Å². The summed E-state index contributed by atoms with van der Waals surface area (Å²) in [6, 6.07) is 4.57. The number of rotatable bonds is 2. The number of nitrogens with two attached hydrogens (primary N) is 1. The van der Waals surface area contributed by atoms with Gasteiger partial charge in [-0.05, 0) is 32.4 Å². The molecule has 3 N–H and O–H groups in total. The standard InChI is InChI=1S/C12H17N5/c1-8-3-2-4-17(8)7-9-5-11-10(14-9)6-12(13)16-15-11/h5-6,8,14H,2-4,7H2,1H3,(H2,13,16)/t8-/m0/s1. The van der Waals surface area contributed by atoms with Gasteiger partial charge in [-0.25, -0.2) is 0 Å². The third-order valence-corrected chi connectivity index (χ3v) is 3.51. The number of fused-ring (bicyclic) bond motifs is 1. The number of aromatic amines is 1. The molecule has 1 aliphatic heterocycles. The molecule has 1 fully saturated rings. The molecular weight excluding hydrogens is 214 g/mol. The molecule has 1 saturated heterocycles. The number of aromatic nitrogens is 3. The van der Waals surface area contributed by atoms with E-state index in [1.165, 1.54) is 25.1 Å². The molecule has 0 aliphatic carbocycles. The molecule has 5 nitrogen and oxygen atoms in total. The average molecular weight is 231 g/mol. The number of nitrogen functional groups attached to an aromatic ring is 1. The summed E-state index contributed by atoms with van der Waals surface area (Å²) >= 11 is 0. The zero-order valence-electron chi connectivity index (χ0n) is 9.98. The second-order valence-corrected chi connectivity index (χ2v) is 4.82. The molecule has 0 aromatic carbocycles. The van der Waals surface area contributed by atoms with E-state index in [1.54, 1.807) is 0 Å². The zero-order chi connectivity index (χ0) is 11.8. The van der Waals surface area contributed by atoms with E-state index in [0.29, 0.717) is 11.9 Å². The fraction of sp³-hybridized carbons (Fsp3) is 0.500. The molecular formula is C12H17N5. The van der Waals surface area contributed by atoms with E-state index < -0.39 is 0 Å². The van der Waals surface area contributed by atoms with Gasteiger partial charge in [0, 0.05) is 24.3 Å². The van der Waals surface area contributed by atoms with E-state index in [9.17, 15) is 0 Å². The average Bonchev–Trinajstić information content (AvgIpc) is 2.85. The number of anilines is 1. The van der Waals surface area contributed by atoms with Gasteiger partial charge < -0.3 is 10.7 Å². The zero-order valence-corrected chi connectivity index (χ0v) is 9.98. The lowest BCUT2D eigenvalue weighted by Gasteiger charge is -2.19. The highest BCUT2D eigenvalue weighted by Crippen LogP contribution is 2.21. The Balaban J connectivity index is 1.85. The van der Waals surface area contributed by atoms with Gasteiger partial charge in [-0.2, -0.15) is 0 Å². The summed E-state index contributed by atoms with van der Waals surface area (Å²) in [5, 5.41) is 7.93. The molecule has 3 heterocycles. The van der Waals surface area contributed by atoms with Gasteiger partial charge in [-0.3, -0.25) is 4.90 Å². The van der Waals surface area contributed by atoms with Crippen LogP contribution in [0.15, 0.2) is 12.1 Å². The summed E-state index contributed by atoms with van der Waals surface area (Å²) in [6.45, 7) is 4.43. The molecule has 0 spiro atoms. The Hall–Kier alpha value is -1.62. The molecule has 0 bridgehead atoms. The lowest BCUT2D eigenvalue weighted by molar-refractivity contribution is 0.258. The van der Waals surface area contributed by atoms with Crippen LogP contribution < -0.4 is 5.73 Å². The number of nitrogens with one attached hydrogen (secondary N) is 1. The number of likely N-dealkylation sites (tertiary alicyclic amines) is 1. The third-order valence-electron chi connectivity index (χ3n) is 3.51. The molecule has 0 unspecified atom stereocenters. The summed E-state index contributed by atoms with van der Waals surface area (Å²) in [5.74, 6) is 0.459. The van der Waals surface area contributed by atoms with Crippen LogP contribution in [-0.2, 0) is 6.54 Å². The van der Waals surface area contributed by atoms with Gasteiger partial charge >= 0.3 is 0 Å². The van der Waals surface area contributed by atoms with Crippen LogP contribution in [0.3, 0.4) is 0 Å². The van der Waals surface area contributed by atoms with Gasteiger partial charge in [0.1, 0.15) is 11.3 Å². The fourth-order valence-corrected chi connectivity index (χ4v) is 2.53. The van der Waals surface area contributed by atoms with Crippen molar-refractivity contribution in [2.45, 2.75) is 32.4 Å². The summed E-state index contributed by atoms with van der Waals surface area (Å²) in [7, 11) is 0. The molecule has 2 aromatic heterocycles. The Labute approximate surface area is 100 Å². The van der Waals surface area contributed by atoms with Crippen molar-refractivity contribution in [1.29, 1.82) is 0 Å². The highest BCUT2D eigenvalue weighted by atomic mass is 15.2. The first-order chi connectivity index (χ1) is 8.22. The molecule has 0 amide bonds. The first kappa shape index (κ1) is 10.5. The molecule has 1 aliphatic rings. The Morgan fingerprint density at radius 3 is 3.12 bits per heavy atom. The number of hydrogen-bond donors (Lipinski definition) is 2. The maximum atomic E-state index is 5.61. The van der Waals surface area contributed by atoms with E-state index >= 15 is 0 Å². The molecule has 0 saturated carbocycles. The maximum absolute atomic E-state index is 5.61. The van der Waals surface area contributed by atoms with Crippen molar-refractivity contribution in [3.05, 3.63) is 17.8 Å². The summed E-state index contributed by atoms with van der Waals surface area (Å²) in [4.78, 5) is 5.85. The lowest BCUT2D eigenvalue weighted by Crippen LogP contribution is -2.26. The van der Waals surface area contributed by atoms with Crippen LogP contribution >= 0.6 is 0 Å². The highest BCUT2D eigenvalue weighted by molar-refractivity contribution is 5.77. The molecule has 17 heavy (non-hydrogen) atoms. The number of nitrogens with zero attached hydrogens (tertiary/aromatic N) is 3. The van der Waals surface area contributed by atoms with E-state index in [1.807, 2.05) is 6.07 Å². The Bertz CT molecular complexity index is 533. The predicted octanol–water partition coefficient (Wildman–Crippen LogP) is 1.52. The molecule has 0 radical (unpaired) electrons. The minimum atomic E-state index is 0.459. The van der Waals surface area contributed by atoms with E-state index in [0.717, 1.165) is 17.6 Å². The van der Waals surface area contributed by atoms with Gasteiger partial charge in [0.05, 0.1) is 5.52 Å². The predicted molar refractivity (Wildman–Crippen MR) is 67.4 cm³/mol. The largest absolute Gasteiger partial charge is 0.382 e. The van der Waals surface area contributed by atoms with Gasteiger partial charge in [-0.1, -0.05) is 0 Å². The lowest BCUT2D eigenvalue weighted by atomic mass is 10.2. The minimum Gasteiger partial charge on any atom is -0.382 e. The molecule has 3 rings (SSSR count). The number of hydrogen-bond acceptors (Lipinski definition) is 4. The van der Waals surface area contributed by atoms with E-state index in [4.69, 9.17) is 5.73 Å². The van der Waals surface area contributed by atoms with Gasteiger partial charge in [0.15, 0.2) is 0 Å². The first-order valence-corrected chi connectivity index (χ1v) is 6.07. The van der Waals surface area contributed by atoms with Crippen molar-refractivity contribution in [1.82, 2.24) is 20.1 Å². The van der Waals surface area contributed by atoms with Gasteiger partial charge in [0.2, 0.25) is 0 Å².